The molecule has 8 heteroatoms. The Labute approximate surface area is 121 Å². The summed E-state index contributed by atoms with van der Waals surface area (Å²) in [6.45, 7) is 0. The first-order valence-corrected chi connectivity index (χ1v) is 5.89. The smallest absolute Gasteiger partial charge is 0.337 e. The van der Waals surface area contributed by atoms with E-state index in [0.717, 1.165) is 0 Å². The quantitative estimate of drug-likeness (QED) is 0.830. The molecule has 3 nitrogen and oxygen atoms in total. The van der Waals surface area contributed by atoms with Crippen molar-refractivity contribution in [3.8, 4) is 6.07 Å². The number of nitriles is 1. The summed E-state index contributed by atoms with van der Waals surface area (Å²) in [6, 6.07) is 5.03. The van der Waals surface area contributed by atoms with E-state index in [1.807, 2.05) is 0 Å². The van der Waals surface area contributed by atoms with Gasteiger partial charge in [0.15, 0.2) is 5.82 Å². The zero-order chi connectivity index (χ0) is 15.6. The van der Waals surface area contributed by atoms with Gasteiger partial charge in [-0.25, -0.2) is 9.37 Å². The van der Waals surface area contributed by atoms with E-state index in [1.165, 1.54) is 12.3 Å². The third kappa shape index (κ3) is 3.23. The highest BCUT2D eigenvalue weighted by molar-refractivity contribution is 6.34. The Hall–Kier alpha value is -2.33. The highest BCUT2D eigenvalue weighted by atomic mass is 35.5. The number of nitrogens with one attached hydrogen (secondary N) is 1. The lowest BCUT2D eigenvalue weighted by atomic mass is 10.2. The molecule has 0 aliphatic rings. The van der Waals surface area contributed by atoms with Crippen LogP contribution in [0.2, 0.25) is 5.02 Å². The number of hydrogen-bond donors (Lipinski definition) is 1. The van der Waals surface area contributed by atoms with Crippen molar-refractivity contribution < 1.29 is 17.6 Å². The number of nitrogens with zero attached hydrogens (tertiary/aromatic N) is 2. The summed E-state index contributed by atoms with van der Waals surface area (Å²) in [5.74, 6) is -1.00. The predicted octanol–water partition coefficient (Wildman–Crippen LogP) is 4.51. The number of rotatable bonds is 2. The zero-order valence-electron chi connectivity index (χ0n) is 10.2. The topological polar surface area (TPSA) is 48.7 Å². The van der Waals surface area contributed by atoms with Crippen LogP contribution in [0.4, 0.5) is 29.1 Å². The predicted molar refractivity (Wildman–Crippen MR) is 68.6 cm³/mol. The number of halogens is 5. The minimum Gasteiger partial charge on any atom is -0.337 e. The van der Waals surface area contributed by atoms with Gasteiger partial charge in [-0.05, 0) is 24.3 Å². The fourth-order valence-corrected chi connectivity index (χ4v) is 1.74. The van der Waals surface area contributed by atoms with Gasteiger partial charge in [-0.2, -0.15) is 18.4 Å². The maximum absolute atomic E-state index is 13.6. The Kier molecular flexibility index (Phi) is 4.00. The highest BCUT2D eigenvalue weighted by Crippen LogP contribution is 2.33. The van der Waals surface area contributed by atoms with Crippen LogP contribution in [0.3, 0.4) is 0 Å². The number of hydrogen-bond acceptors (Lipinski definition) is 3. The summed E-state index contributed by atoms with van der Waals surface area (Å²) in [4.78, 5) is 3.77. The summed E-state index contributed by atoms with van der Waals surface area (Å²) in [5.41, 5.74) is -1.38. The maximum atomic E-state index is 13.6. The Bertz CT molecular complexity index is 722. The van der Waals surface area contributed by atoms with Gasteiger partial charge in [0.05, 0.1) is 16.8 Å². The minimum absolute atomic E-state index is 0.0709. The van der Waals surface area contributed by atoms with E-state index in [9.17, 15) is 17.6 Å². The monoisotopic (exact) mass is 315 g/mol. The molecule has 1 heterocycles. The Morgan fingerprint density at radius 1 is 1.24 bits per heavy atom. The molecular weight excluding hydrogens is 310 g/mol. The van der Waals surface area contributed by atoms with Crippen molar-refractivity contribution in [2.24, 2.45) is 0 Å². The van der Waals surface area contributed by atoms with Crippen LogP contribution in [0, 0.1) is 17.1 Å². The van der Waals surface area contributed by atoms with Crippen molar-refractivity contribution in [1.29, 1.82) is 5.26 Å². The number of pyridine rings is 1. The molecule has 0 fully saturated rings. The largest absolute Gasteiger partial charge is 0.416 e. The maximum Gasteiger partial charge on any atom is 0.416 e. The number of aromatic nitrogens is 1. The van der Waals surface area contributed by atoms with E-state index < -0.39 is 23.2 Å². The van der Waals surface area contributed by atoms with E-state index in [0.29, 0.717) is 18.2 Å². The van der Waals surface area contributed by atoms with Crippen molar-refractivity contribution in [2.75, 3.05) is 5.32 Å². The first kappa shape index (κ1) is 15.1. The van der Waals surface area contributed by atoms with Gasteiger partial charge in [0, 0.05) is 6.20 Å². The molecule has 2 aromatic rings. The molecule has 0 aliphatic carbocycles. The lowest BCUT2D eigenvalue weighted by Gasteiger charge is -2.12. The third-order valence-corrected chi connectivity index (χ3v) is 2.94. The van der Waals surface area contributed by atoms with Gasteiger partial charge in [0.1, 0.15) is 16.9 Å². The molecule has 1 aromatic heterocycles. The van der Waals surface area contributed by atoms with Gasteiger partial charge < -0.3 is 5.32 Å². The molecule has 1 N–H and O–H groups in total. The molecular formula is C13H6ClF4N3. The van der Waals surface area contributed by atoms with Crippen molar-refractivity contribution >= 4 is 23.1 Å². The molecule has 0 amide bonds. The first-order valence-electron chi connectivity index (χ1n) is 5.51. The van der Waals surface area contributed by atoms with E-state index in [-0.39, 0.29) is 16.4 Å². The summed E-state index contributed by atoms with van der Waals surface area (Å²) in [5, 5.41) is 11.1. The second-order valence-electron chi connectivity index (χ2n) is 3.95. The van der Waals surface area contributed by atoms with Gasteiger partial charge in [0.25, 0.3) is 0 Å². The molecule has 21 heavy (non-hydrogen) atoms. The van der Waals surface area contributed by atoms with Crippen LogP contribution < -0.4 is 5.32 Å². The molecule has 108 valence electrons. The van der Waals surface area contributed by atoms with Gasteiger partial charge in [-0.3, -0.25) is 0 Å². The zero-order valence-corrected chi connectivity index (χ0v) is 10.9. The summed E-state index contributed by atoms with van der Waals surface area (Å²) < 4.78 is 51.4. The molecule has 1 aromatic carbocycles. The van der Waals surface area contributed by atoms with Crippen LogP contribution >= 0.6 is 11.6 Å². The van der Waals surface area contributed by atoms with Crippen LogP contribution in [0.15, 0.2) is 30.5 Å². The van der Waals surface area contributed by atoms with E-state index in [4.69, 9.17) is 16.9 Å². The lowest BCUT2D eigenvalue weighted by molar-refractivity contribution is -0.137. The van der Waals surface area contributed by atoms with Gasteiger partial charge in [-0.1, -0.05) is 11.6 Å². The molecule has 0 radical (unpaired) electrons. The summed E-state index contributed by atoms with van der Waals surface area (Å²) >= 11 is 5.85. The average Bonchev–Trinajstić information content (AvgIpc) is 2.42. The van der Waals surface area contributed by atoms with E-state index >= 15 is 0 Å². The van der Waals surface area contributed by atoms with Gasteiger partial charge >= 0.3 is 6.18 Å². The lowest BCUT2D eigenvalue weighted by Crippen LogP contribution is -2.07. The molecule has 0 spiro atoms. The van der Waals surface area contributed by atoms with Crippen molar-refractivity contribution in [3.05, 3.63) is 52.4 Å². The van der Waals surface area contributed by atoms with Crippen molar-refractivity contribution in [1.82, 2.24) is 4.98 Å². The number of anilines is 2. The Morgan fingerprint density at radius 2 is 1.95 bits per heavy atom. The van der Waals surface area contributed by atoms with E-state index in [2.05, 4.69) is 10.3 Å². The fraction of sp³-hybridized carbons (Fsp3) is 0.0769. The number of alkyl halides is 3. The minimum atomic E-state index is -4.60. The number of benzene rings is 1. The average molecular weight is 316 g/mol. The molecule has 0 aliphatic heterocycles. The standard InChI is InChI=1S/C13H6ClF4N3/c14-11-7(6-19)3-4-20-12(11)21-10-5-8(13(16,17)18)1-2-9(10)15/h1-5H,(H,20,21). The van der Waals surface area contributed by atoms with Crippen molar-refractivity contribution in [3.63, 3.8) is 0 Å². The molecule has 0 saturated heterocycles. The van der Waals surface area contributed by atoms with Gasteiger partial charge in [0.2, 0.25) is 0 Å². The van der Waals surface area contributed by atoms with Crippen LogP contribution in [0.25, 0.3) is 0 Å². The van der Waals surface area contributed by atoms with E-state index in [1.54, 1.807) is 6.07 Å². The van der Waals surface area contributed by atoms with Crippen LogP contribution in [-0.2, 0) is 6.18 Å². The molecule has 0 bridgehead atoms. The Balaban J connectivity index is 2.43. The second kappa shape index (κ2) is 5.58. The van der Waals surface area contributed by atoms with Gasteiger partial charge in [-0.15, -0.1) is 0 Å². The molecule has 2 rings (SSSR count). The third-order valence-electron chi connectivity index (χ3n) is 2.56. The fourth-order valence-electron chi connectivity index (χ4n) is 1.54. The molecule has 0 saturated carbocycles. The Morgan fingerprint density at radius 3 is 2.57 bits per heavy atom. The normalized spacial score (nSPS) is 11.0. The van der Waals surface area contributed by atoms with Crippen LogP contribution in [0.1, 0.15) is 11.1 Å². The van der Waals surface area contributed by atoms with Crippen LogP contribution in [-0.4, -0.2) is 4.98 Å². The first-order chi connectivity index (χ1) is 9.82. The SMILES string of the molecule is N#Cc1ccnc(Nc2cc(C(F)(F)F)ccc2F)c1Cl. The molecule has 0 unspecified atom stereocenters. The summed E-state index contributed by atoms with van der Waals surface area (Å²) in [7, 11) is 0. The highest BCUT2D eigenvalue weighted by Gasteiger charge is 2.31. The summed E-state index contributed by atoms with van der Waals surface area (Å²) in [6.07, 6.45) is -3.37. The molecule has 0 atom stereocenters. The second-order valence-corrected chi connectivity index (χ2v) is 4.33. The van der Waals surface area contributed by atoms with Crippen LogP contribution in [0.5, 0.6) is 0 Å². The van der Waals surface area contributed by atoms with Crippen molar-refractivity contribution in [2.45, 2.75) is 6.18 Å².